The number of rotatable bonds is 6. The Morgan fingerprint density at radius 3 is 2.69 bits per heavy atom. The van der Waals surface area contributed by atoms with Crippen molar-refractivity contribution in [1.29, 1.82) is 0 Å². The van der Waals surface area contributed by atoms with Gasteiger partial charge in [0.25, 0.3) is 5.91 Å². The molecule has 8 nitrogen and oxygen atoms in total. The van der Waals surface area contributed by atoms with E-state index in [-0.39, 0.29) is 18.0 Å². The number of nitrogens with zero attached hydrogens (tertiary/aromatic N) is 3. The van der Waals surface area contributed by atoms with Crippen molar-refractivity contribution in [2.24, 2.45) is 0 Å². The minimum absolute atomic E-state index is 0.135. The number of hydrogen-bond donors (Lipinski definition) is 1. The van der Waals surface area contributed by atoms with E-state index < -0.39 is 11.9 Å². The third-order valence-corrected chi connectivity index (χ3v) is 4.95. The molecule has 0 aliphatic heterocycles. The molecule has 4 rings (SSSR count). The van der Waals surface area contributed by atoms with Crippen LogP contribution in [0.4, 0.5) is 5.82 Å². The van der Waals surface area contributed by atoms with Crippen molar-refractivity contribution in [2.75, 3.05) is 19.0 Å². The van der Waals surface area contributed by atoms with E-state index in [1.165, 1.54) is 18.0 Å². The highest BCUT2D eigenvalue weighted by Crippen LogP contribution is 2.25. The minimum Gasteiger partial charge on any atom is -0.497 e. The summed E-state index contributed by atoms with van der Waals surface area (Å²) in [7, 11) is 1.53. The molecule has 0 atom stereocenters. The zero-order valence-corrected chi connectivity index (χ0v) is 18.0. The highest BCUT2D eigenvalue weighted by molar-refractivity contribution is 6.07. The SMILES string of the molecule is CCOC(=O)c1cnn(-c2cc(C)c3ccccc3n2)c1NC(=O)c1cccc(OC)c1. The Morgan fingerprint density at radius 2 is 1.91 bits per heavy atom. The number of aromatic nitrogens is 3. The van der Waals surface area contributed by atoms with E-state index in [0.29, 0.717) is 17.1 Å². The quantitative estimate of drug-likeness (QED) is 0.462. The zero-order valence-electron chi connectivity index (χ0n) is 18.0. The van der Waals surface area contributed by atoms with Crippen LogP contribution in [-0.2, 0) is 4.74 Å². The van der Waals surface area contributed by atoms with Crippen molar-refractivity contribution in [2.45, 2.75) is 13.8 Å². The topological polar surface area (TPSA) is 95.3 Å². The summed E-state index contributed by atoms with van der Waals surface area (Å²) in [6.45, 7) is 3.88. The molecule has 0 bridgehead atoms. The van der Waals surface area contributed by atoms with Gasteiger partial charge in [-0.3, -0.25) is 4.79 Å². The number of anilines is 1. The molecule has 0 spiro atoms. The molecule has 0 radical (unpaired) electrons. The highest BCUT2D eigenvalue weighted by Gasteiger charge is 2.23. The summed E-state index contributed by atoms with van der Waals surface area (Å²) in [6.07, 6.45) is 1.37. The summed E-state index contributed by atoms with van der Waals surface area (Å²) >= 11 is 0. The fourth-order valence-electron chi connectivity index (χ4n) is 3.38. The number of carbonyl (C=O) groups is 2. The van der Waals surface area contributed by atoms with Crippen molar-refractivity contribution < 1.29 is 19.1 Å². The molecule has 0 aliphatic rings. The Balaban J connectivity index is 1.80. The Labute approximate surface area is 184 Å². The van der Waals surface area contributed by atoms with Crippen LogP contribution in [-0.4, -0.2) is 40.4 Å². The Hall–Kier alpha value is -4.20. The summed E-state index contributed by atoms with van der Waals surface area (Å²) in [4.78, 5) is 30.2. The summed E-state index contributed by atoms with van der Waals surface area (Å²) in [5.74, 6) is 0.186. The van der Waals surface area contributed by atoms with Crippen LogP contribution in [0, 0.1) is 6.92 Å². The first-order valence-corrected chi connectivity index (χ1v) is 10.1. The van der Waals surface area contributed by atoms with Crippen molar-refractivity contribution in [3.05, 3.63) is 77.5 Å². The van der Waals surface area contributed by atoms with Gasteiger partial charge in [-0.25, -0.2) is 9.78 Å². The number of para-hydroxylation sites is 1. The molecule has 32 heavy (non-hydrogen) atoms. The molecule has 0 aliphatic carbocycles. The van der Waals surface area contributed by atoms with E-state index >= 15 is 0 Å². The van der Waals surface area contributed by atoms with Crippen LogP contribution in [0.1, 0.15) is 33.2 Å². The van der Waals surface area contributed by atoms with E-state index in [4.69, 9.17) is 9.47 Å². The normalized spacial score (nSPS) is 10.7. The van der Waals surface area contributed by atoms with Crippen molar-refractivity contribution in [3.63, 3.8) is 0 Å². The number of pyridine rings is 1. The largest absolute Gasteiger partial charge is 0.497 e. The average Bonchev–Trinajstić information content (AvgIpc) is 3.22. The van der Waals surface area contributed by atoms with Gasteiger partial charge in [0.2, 0.25) is 0 Å². The molecular weight excluding hydrogens is 408 g/mol. The lowest BCUT2D eigenvalue weighted by molar-refractivity contribution is 0.0527. The summed E-state index contributed by atoms with van der Waals surface area (Å²) in [5.41, 5.74) is 2.27. The number of ether oxygens (including phenoxy) is 2. The second kappa shape index (κ2) is 8.89. The maximum atomic E-state index is 13.0. The molecule has 0 saturated carbocycles. The van der Waals surface area contributed by atoms with Gasteiger partial charge in [0.1, 0.15) is 11.3 Å². The molecule has 4 aromatic rings. The van der Waals surface area contributed by atoms with Gasteiger partial charge in [-0.2, -0.15) is 9.78 Å². The molecule has 162 valence electrons. The standard InChI is InChI=1S/C24H22N4O4/c1-4-32-24(30)19-14-25-28(21-12-15(2)18-10-5-6-11-20(18)26-21)22(19)27-23(29)16-8-7-9-17(13-16)31-3/h5-14H,4H2,1-3H3,(H,27,29). The first kappa shape index (κ1) is 21.0. The maximum Gasteiger partial charge on any atom is 0.343 e. The van der Waals surface area contributed by atoms with Gasteiger partial charge in [-0.05, 0) is 49.7 Å². The molecule has 0 unspecified atom stereocenters. The molecule has 2 aromatic carbocycles. The number of hydrogen-bond acceptors (Lipinski definition) is 6. The van der Waals surface area contributed by atoms with Crippen molar-refractivity contribution in [1.82, 2.24) is 14.8 Å². The second-order valence-electron chi connectivity index (χ2n) is 7.04. The van der Waals surface area contributed by atoms with Gasteiger partial charge in [0.05, 0.1) is 25.4 Å². The Morgan fingerprint density at radius 1 is 1.09 bits per heavy atom. The number of aryl methyl sites for hydroxylation is 1. The third kappa shape index (κ3) is 4.02. The van der Waals surface area contributed by atoms with Gasteiger partial charge in [0.15, 0.2) is 11.6 Å². The van der Waals surface area contributed by atoms with E-state index in [9.17, 15) is 9.59 Å². The number of nitrogens with one attached hydrogen (secondary N) is 1. The second-order valence-corrected chi connectivity index (χ2v) is 7.04. The maximum absolute atomic E-state index is 13.0. The van der Waals surface area contributed by atoms with Gasteiger partial charge in [-0.1, -0.05) is 24.3 Å². The molecule has 1 N–H and O–H groups in total. The number of esters is 1. The van der Waals surface area contributed by atoms with E-state index in [2.05, 4.69) is 15.4 Å². The lowest BCUT2D eigenvalue weighted by atomic mass is 10.1. The van der Waals surface area contributed by atoms with Gasteiger partial charge in [-0.15, -0.1) is 0 Å². The van der Waals surface area contributed by atoms with Gasteiger partial charge in [0, 0.05) is 10.9 Å². The lowest BCUT2D eigenvalue weighted by Gasteiger charge is -2.12. The van der Waals surface area contributed by atoms with Crippen molar-refractivity contribution in [3.8, 4) is 11.6 Å². The summed E-state index contributed by atoms with van der Waals surface area (Å²) < 4.78 is 11.8. The van der Waals surface area contributed by atoms with E-state index in [0.717, 1.165) is 16.5 Å². The monoisotopic (exact) mass is 430 g/mol. The molecule has 0 saturated heterocycles. The zero-order chi connectivity index (χ0) is 22.7. The van der Waals surface area contributed by atoms with Crippen LogP contribution in [0.2, 0.25) is 0 Å². The fraction of sp³-hybridized carbons (Fsp3) is 0.167. The van der Waals surface area contributed by atoms with Crippen LogP contribution in [0.3, 0.4) is 0 Å². The smallest absolute Gasteiger partial charge is 0.343 e. The molecule has 0 fully saturated rings. The lowest BCUT2D eigenvalue weighted by Crippen LogP contribution is -2.18. The molecule has 2 aromatic heterocycles. The van der Waals surface area contributed by atoms with Crippen LogP contribution in [0.25, 0.3) is 16.7 Å². The van der Waals surface area contributed by atoms with Gasteiger partial charge >= 0.3 is 5.97 Å². The van der Waals surface area contributed by atoms with Crippen molar-refractivity contribution >= 4 is 28.6 Å². The summed E-state index contributed by atoms with van der Waals surface area (Å²) in [6, 6.07) is 16.3. The summed E-state index contributed by atoms with van der Waals surface area (Å²) in [5, 5.41) is 8.14. The van der Waals surface area contributed by atoms with Crippen LogP contribution >= 0.6 is 0 Å². The van der Waals surface area contributed by atoms with Crippen LogP contribution in [0.15, 0.2) is 60.8 Å². The fourth-order valence-corrected chi connectivity index (χ4v) is 3.38. The Bertz CT molecular complexity index is 1310. The van der Waals surface area contributed by atoms with E-state index in [1.807, 2.05) is 37.3 Å². The highest BCUT2D eigenvalue weighted by atomic mass is 16.5. The number of amides is 1. The van der Waals surface area contributed by atoms with Crippen LogP contribution in [0.5, 0.6) is 5.75 Å². The predicted molar refractivity (Wildman–Crippen MR) is 121 cm³/mol. The predicted octanol–water partition coefficient (Wildman–Crippen LogP) is 4.17. The first-order valence-electron chi connectivity index (χ1n) is 10.1. The Kier molecular flexibility index (Phi) is 5.85. The number of benzene rings is 2. The number of fused-ring (bicyclic) bond motifs is 1. The molecule has 2 heterocycles. The minimum atomic E-state index is -0.586. The van der Waals surface area contributed by atoms with Gasteiger partial charge < -0.3 is 14.8 Å². The third-order valence-electron chi connectivity index (χ3n) is 4.95. The number of carbonyl (C=O) groups excluding carboxylic acids is 2. The van der Waals surface area contributed by atoms with E-state index in [1.54, 1.807) is 31.2 Å². The average molecular weight is 430 g/mol. The molecule has 8 heteroatoms. The van der Waals surface area contributed by atoms with Crippen LogP contribution < -0.4 is 10.1 Å². The molecule has 1 amide bonds. The first-order chi connectivity index (χ1) is 15.5. The number of methoxy groups -OCH3 is 1. The molecular formula is C24H22N4O4.